The molecule has 108 valence electrons. The minimum atomic E-state index is 0.471. The van der Waals surface area contributed by atoms with E-state index in [-0.39, 0.29) is 0 Å². The second-order valence-corrected chi connectivity index (χ2v) is 6.83. The van der Waals surface area contributed by atoms with E-state index in [2.05, 4.69) is 49.6 Å². The van der Waals surface area contributed by atoms with Gasteiger partial charge in [0.25, 0.3) is 0 Å². The summed E-state index contributed by atoms with van der Waals surface area (Å²) in [4.78, 5) is 7.06. The Bertz CT molecular complexity index is 602. The van der Waals surface area contributed by atoms with Crippen molar-refractivity contribution in [2.24, 2.45) is 5.92 Å². The number of aromatic nitrogens is 2. The highest BCUT2D eigenvalue weighted by atomic mass is 79.9. The van der Waals surface area contributed by atoms with Crippen molar-refractivity contribution in [3.8, 4) is 0 Å². The van der Waals surface area contributed by atoms with E-state index in [0.717, 1.165) is 28.3 Å². The molecular weight excluding hydrogens is 338 g/mol. The molecule has 0 spiro atoms. The Morgan fingerprint density at radius 1 is 1.35 bits per heavy atom. The summed E-state index contributed by atoms with van der Waals surface area (Å²) in [5, 5.41) is 0. The summed E-state index contributed by atoms with van der Waals surface area (Å²) >= 11 is 9.63. The number of piperidine rings is 1. The number of halogens is 2. The van der Waals surface area contributed by atoms with Crippen LogP contribution in [0.15, 0.2) is 22.7 Å². The van der Waals surface area contributed by atoms with E-state index in [1.54, 1.807) is 0 Å². The number of fused-ring (bicyclic) bond motifs is 1. The Morgan fingerprint density at radius 3 is 2.80 bits per heavy atom. The number of alkyl halides is 1. The lowest BCUT2D eigenvalue weighted by Crippen LogP contribution is -2.32. The third-order valence-corrected chi connectivity index (χ3v) is 4.92. The van der Waals surface area contributed by atoms with Crippen LogP contribution >= 0.6 is 27.5 Å². The quantitative estimate of drug-likeness (QED) is 0.778. The zero-order valence-corrected chi connectivity index (χ0v) is 14.0. The van der Waals surface area contributed by atoms with Gasteiger partial charge < -0.3 is 9.47 Å². The van der Waals surface area contributed by atoms with Crippen molar-refractivity contribution < 1.29 is 0 Å². The summed E-state index contributed by atoms with van der Waals surface area (Å²) in [5.41, 5.74) is 2.23. The van der Waals surface area contributed by atoms with Crippen LogP contribution in [-0.4, -0.2) is 34.6 Å². The van der Waals surface area contributed by atoms with Gasteiger partial charge in [0, 0.05) is 11.0 Å². The number of nitrogens with zero attached hydrogens (tertiary/aromatic N) is 3. The summed E-state index contributed by atoms with van der Waals surface area (Å²) in [6.45, 7) is 3.41. The van der Waals surface area contributed by atoms with Gasteiger partial charge in [-0.3, -0.25) is 0 Å². The van der Waals surface area contributed by atoms with E-state index in [4.69, 9.17) is 11.6 Å². The molecule has 5 heteroatoms. The van der Waals surface area contributed by atoms with Gasteiger partial charge in [-0.1, -0.05) is 15.9 Å². The minimum Gasteiger partial charge on any atom is -0.327 e. The molecule has 1 saturated heterocycles. The molecule has 0 bridgehead atoms. The standard InChI is InChI=1S/C15H19BrClN3/c1-19-6-4-11(5-7-19)10-20-14-8-12(16)2-3-13(14)18-15(20)9-17/h2-3,8,11H,4-7,9-10H2,1H3. The minimum absolute atomic E-state index is 0.471. The normalized spacial score (nSPS) is 17.9. The molecular formula is C15H19BrClN3. The molecule has 20 heavy (non-hydrogen) atoms. The maximum atomic E-state index is 6.08. The van der Waals surface area contributed by atoms with Gasteiger partial charge in [0.2, 0.25) is 0 Å². The van der Waals surface area contributed by atoms with Crippen molar-refractivity contribution in [2.75, 3.05) is 20.1 Å². The molecule has 0 saturated carbocycles. The van der Waals surface area contributed by atoms with E-state index >= 15 is 0 Å². The lowest BCUT2D eigenvalue weighted by atomic mass is 9.97. The van der Waals surface area contributed by atoms with Crippen molar-refractivity contribution in [3.63, 3.8) is 0 Å². The number of hydrogen-bond donors (Lipinski definition) is 0. The van der Waals surface area contributed by atoms with Gasteiger partial charge in [-0.2, -0.15) is 0 Å². The molecule has 3 rings (SSSR count). The predicted molar refractivity (Wildman–Crippen MR) is 87.2 cm³/mol. The van der Waals surface area contributed by atoms with Crippen molar-refractivity contribution in [1.82, 2.24) is 14.5 Å². The van der Waals surface area contributed by atoms with Crippen LogP contribution in [0.4, 0.5) is 0 Å². The molecule has 3 nitrogen and oxygen atoms in total. The lowest BCUT2D eigenvalue weighted by molar-refractivity contribution is 0.205. The molecule has 0 aliphatic carbocycles. The number of likely N-dealkylation sites (tertiary alicyclic amines) is 1. The predicted octanol–water partition coefficient (Wildman–Crippen LogP) is 3.88. The first-order chi connectivity index (χ1) is 9.67. The molecule has 0 unspecified atom stereocenters. The van der Waals surface area contributed by atoms with Gasteiger partial charge in [-0.25, -0.2) is 4.98 Å². The third-order valence-electron chi connectivity index (χ3n) is 4.19. The average Bonchev–Trinajstić information content (AvgIpc) is 2.79. The van der Waals surface area contributed by atoms with Crippen LogP contribution in [0, 0.1) is 5.92 Å². The van der Waals surface area contributed by atoms with Crippen molar-refractivity contribution in [3.05, 3.63) is 28.5 Å². The van der Waals surface area contributed by atoms with Crippen molar-refractivity contribution >= 4 is 38.6 Å². The molecule has 0 N–H and O–H groups in total. The Morgan fingerprint density at radius 2 is 2.10 bits per heavy atom. The number of benzene rings is 1. The third kappa shape index (κ3) is 2.87. The number of imidazole rings is 1. The molecule has 0 atom stereocenters. The molecule has 0 amide bonds. The van der Waals surface area contributed by atoms with Crippen LogP contribution in [0.2, 0.25) is 0 Å². The summed E-state index contributed by atoms with van der Waals surface area (Å²) in [6.07, 6.45) is 2.51. The Labute approximate surface area is 133 Å². The molecule has 2 aromatic rings. The second-order valence-electron chi connectivity index (χ2n) is 5.65. The molecule has 1 fully saturated rings. The maximum absolute atomic E-state index is 6.08. The summed E-state index contributed by atoms with van der Waals surface area (Å²) in [5.74, 6) is 2.18. The van der Waals surface area contributed by atoms with E-state index < -0.39 is 0 Å². The molecule has 2 heterocycles. The van der Waals surface area contributed by atoms with Gasteiger partial charge >= 0.3 is 0 Å². The highest BCUT2D eigenvalue weighted by Crippen LogP contribution is 2.25. The first kappa shape index (κ1) is 14.4. The average molecular weight is 357 g/mol. The zero-order chi connectivity index (χ0) is 14.1. The number of rotatable bonds is 3. The Hall–Kier alpha value is -0.580. The highest BCUT2D eigenvalue weighted by Gasteiger charge is 2.19. The Balaban J connectivity index is 1.91. The van der Waals surface area contributed by atoms with Crippen LogP contribution in [0.5, 0.6) is 0 Å². The first-order valence-electron chi connectivity index (χ1n) is 7.06. The number of hydrogen-bond acceptors (Lipinski definition) is 2. The van der Waals surface area contributed by atoms with E-state index in [1.807, 2.05) is 6.07 Å². The van der Waals surface area contributed by atoms with Gasteiger partial charge in [0.05, 0.1) is 16.9 Å². The first-order valence-corrected chi connectivity index (χ1v) is 8.39. The van der Waals surface area contributed by atoms with Gasteiger partial charge in [0.1, 0.15) is 5.82 Å². The second kappa shape index (κ2) is 6.04. The fourth-order valence-electron chi connectivity index (χ4n) is 2.95. The van der Waals surface area contributed by atoms with Crippen LogP contribution < -0.4 is 0 Å². The van der Waals surface area contributed by atoms with E-state index in [9.17, 15) is 0 Å². The summed E-state index contributed by atoms with van der Waals surface area (Å²) in [6, 6.07) is 6.24. The van der Waals surface area contributed by atoms with Crippen LogP contribution in [-0.2, 0) is 12.4 Å². The molecule has 1 aromatic carbocycles. The summed E-state index contributed by atoms with van der Waals surface area (Å²) < 4.78 is 3.40. The van der Waals surface area contributed by atoms with Crippen molar-refractivity contribution in [1.29, 1.82) is 0 Å². The largest absolute Gasteiger partial charge is 0.327 e. The summed E-state index contributed by atoms with van der Waals surface area (Å²) in [7, 11) is 2.20. The maximum Gasteiger partial charge on any atom is 0.124 e. The van der Waals surface area contributed by atoms with Crippen LogP contribution in [0.3, 0.4) is 0 Å². The lowest BCUT2D eigenvalue weighted by Gasteiger charge is -2.29. The molecule has 1 aliphatic rings. The fourth-order valence-corrected chi connectivity index (χ4v) is 3.51. The highest BCUT2D eigenvalue weighted by molar-refractivity contribution is 9.10. The smallest absolute Gasteiger partial charge is 0.124 e. The van der Waals surface area contributed by atoms with E-state index in [0.29, 0.717) is 5.88 Å². The van der Waals surface area contributed by atoms with Crippen molar-refractivity contribution in [2.45, 2.75) is 25.3 Å². The van der Waals surface area contributed by atoms with Gasteiger partial charge in [-0.15, -0.1) is 11.6 Å². The Kier molecular flexibility index (Phi) is 4.34. The van der Waals surface area contributed by atoms with E-state index in [1.165, 1.54) is 31.4 Å². The topological polar surface area (TPSA) is 21.1 Å². The monoisotopic (exact) mass is 355 g/mol. The SMILES string of the molecule is CN1CCC(Cn2c(CCl)nc3ccc(Br)cc32)CC1. The van der Waals surface area contributed by atoms with Crippen LogP contribution in [0.1, 0.15) is 18.7 Å². The molecule has 1 aromatic heterocycles. The molecule has 1 aliphatic heterocycles. The van der Waals surface area contributed by atoms with Crippen LogP contribution in [0.25, 0.3) is 11.0 Å². The molecule has 0 radical (unpaired) electrons. The van der Waals surface area contributed by atoms with Gasteiger partial charge in [0.15, 0.2) is 0 Å². The fraction of sp³-hybridized carbons (Fsp3) is 0.533. The zero-order valence-electron chi connectivity index (χ0n) is 11.6. The van der Waals surface area contributed by atoms with Gasteiger partial charge in [-0.05, 0) is 57.1 Å².